The van der Waals surface area contributed by atoms with Gasteiger partial charge in [0.1, 0.15) is 6.29 Å². The molecule has 0 aliphatic carbocycles. The Labute approximate surface area is 82.8 Å². The summed E-state index contributed by atoms with van der Waals surface area (Å²) >= 11 is 0. The third-order valence-electron chi connectivity index (χ3n) is 2.57. The first-order chi connectivity index (χ1) is 6.56. The van der Waals surface area contributed by atoms with Gasteiger partial charge in [0.05, 0.1) is 5.60 Å². The summed E-state index contributed by atoms with van der Waals surface area (Å²) in [6, 6.07) is 5.35. The van der Waals surface area contributed by atoms with Crippen molar-refractivity contribution in [2.24, 2.45) is 0 Å². The van der Waals surface area contributed by atoms with Crippen LogP contribution in [0.2, 0.25) is 0 Å². The molecule has 14 heavy (non-hydrogen) atoms. The Balaban J connectivity index is 2.67. The lowest BCUT2D eigenvalue weighted by Crippen LogP contribution is -2.31. The van der Waals surface area contributed by atoms with E-state index in [-0.39, 0.29) is 0 Å². The largest absolute Gasteiger partial charge is 0.492 e. The molecule has 0 bridgehead atoms. The normalized spacial score (nSPS) is 18.1. The molecule has 0 amide bonds. The average Bonchev–Trinajstić information content (AvgIpc) is 2.38. The maximum absolute atomic E-state index is 10.8. The van der Waals surface area contributed by atoms with Crippen molar-refractivity contribution in [2.75, 3.05) is 0 Å². The van der Waals surface area contributed by atoms with Gasteiger partial charge in [-0.15, -0.1) is 0 Å². The molecule has 0 saturated carbocycles. The fourth-order valence-electron chi connectivity index (χ4n) is 1.89. The van der Waals surface area contributed by atoms with E-state index in [9.17, 15) is 9.82 Å². The van der Waals surface area contributed by atoms with Crippen molar-refractivity contribution in [3.05, 3.63) is 29.3 Å². The molecule has 0 unspecified atom stereocenters. The van der Waals surface area contributed by atoms with Crippen molar-refractivity contribution < 1.29 is 14.5 Å². The Morgan fingerprint density at radius 3 is 2.86 bits per heavy atom. The highest BCUT2D eigenvalue weighted by atomic mass is 16.5. The van der Waals surface area contributed by atoms with E-state index >= 15 is 0 Å². The summed E-state index contributed by atoms with van der Waals surface area (Å²) in [7, 11) is -0.985. The molecule has 0 spiro atoms. The molecule has 2 rings (SSSR count). The van der Waals surface area contributed by atoms with E-state index in [1.54, 1.807) is 12.1 Å². The number of carbonyl (C=O) groups is 1. The number of rotatable bonds is 1. The van der Waals surface area contributed by atoms with Crippen molar-refractivity contribution in [3.8, 4) is 0 Å². The van der Waals surface area contributed by atoms with Crippen LogP contribution < -0.4 is 5.46 Å². The predicted octanol–water partition coefficient (Wildman–Crippen LogP) is 0.452. The summed E-state index contributed by atoms with van der Waals surface area (Å²) in [5.74, 6) is 0. The molecule has 0 aromatic heterocycles. The topological polar surface area (TPSA) is 46.5 Å². The van der Waals surface area contributed by atoms with Gasteiger partial charge >= 0.3 is 7.12 Å². The predicted molar refractivity (Wildman–Crippen MR) is 53.5 cm³/mol. The van der Waals surface area contributed by atoms with Crippen LogP contribution in [0.5, 0.6) is 0 Å². The van der Waals surface area contributed by atoms with E-state index in [1.165, 1.54) is 0 Å². The zero-order valence-electron chi connectivity index (χ0n) is 8.15. The molecular formula is C10H11BO3. The standard InChI is InChI=1S/C10H11BO3/c1-10(2)8-5-3-4-7(6-12)9(8)11(13)14-10/h3-6,13H,1-2H3. The molecule has 1 aliphatic rings. The molecule has 4 heteroatoms. The minimum atomic E-state index is -0.985. The molecule has 0 atom stereocenters. The van der Waals surface area contributed by atoms with Gasteiger partial charge in [0.2, 0.25) is 0 Å². The zero-order chi connectivity index (χ0) is 10.3. The second kappa shape index (κ2) is 2.93. The summed E-state index contributed by atoms with van der Waals surface area (Å²) in [5.41, 5.74) is 1.47. The summed E-state index contributed by atoms with van der Waals surface area (Å²) in [6.45, 7) is 3.74. The fourth-order valence-corrected chi connectivity index (χ4v) is 1.89. The van der Waals surface area contributed by atoms with Crippen molar-refractivity contribution >= 4 is 18.9 Å². The molecule has 1 heterocycles. The minimum Gasteiger partial charge on any atom is -0.423 e. The second-order valence-corrected chi connectivity index (χ2v) is 3.91. The number of aldehydes is 1. The van der Waals surface area contributed by atoms with Crippen LogP contribution >= 0.6 is 0 Å². The Kier molecular flexibility index (Phi) is 1.98. The van der Waals surface area contributed by atoms with Crippen LogP contribution in [0.3, 0.4) is 0 Å². The van der Waals surface area contributed by atoms with Crippen LogP contribution in [0.4, 0.5) is 0 Å². The lowest BCUT2D eigenvalue weighted by molar-refractivity contribution is 0.101. The maximum atomic E-state index is 10.8. The van der Waals surface area contributed by atoms with Gasteiger partial charge < -0.3 is 9.68 Å². The zero-order valence-corrected chi connectivity index (χ0v) is 8.15. The molecule has 0 radical (unpaired) electrons. The molecule has 1 aliphatic heterocycles. The van der Waals surface area contributed by atoms with Gasteiger partial charge in [0.15, 0.2) is 0 Å². The lowest BCUT2D eigenvalue weighted by atomic mass is 9.75. The van der Waals surface area contributed by atoms with Crippen molar-refractivity contribution in [1.29, 1.82) is 0 Å². The van der Waals surface area contributed by atoms with Crippen LogP contribution in [0.15, 0.2) is 18.2 Å². The Morgan fingerprint density at radius 2 is 2.21 bits per heavy atom. The Bertz CT molecular complexity index is 387. The second-order valence-electron chi connectivity index (χ2n) is 3.91. The van der Waals surface area contributed by atoms with Gasteiger partial charge in [-0.05, 0) is 24.9 Å². The quantitative estimate of drug-likeness (QED) is 0.516. The first kappa shape index (κ1) is 9.43. The SMILES string of the molecule is CC1(C)OB(O)c2c(C=O)cccc21. The van der Waals surface area contributed by atoms with E-state index in [0.717, 1.165) is 11.8 Å². The molecule has 1 aromatic carbocycles. The third-order valence-corrected chi connectivity index (χ3v) is 2.57. The Hall–Kier alpha value is -1.13. The maximum Gasteiger partial charge on any atom is 0.492 e. The summed E-state index contributed by atoms with van der Waals surface area (Å²) in [6.07, 6.45) is 0.743. The number of hydrogen-bond donors (Lipinski definition) is 1. The van der Waals surface area contributed by atoms with E-state index in [1.807, 2.05) is 19.9 Å². The van der Waals surface area contributed by atoms with Crippen molar-refractivity contribution in [1.82, 2.24) is 0 Å². The van der Waals surface area contributed by atoms with Gasteiger partial charge in [-0.1, -0.05) is 18.2 Å². The molecule has 1 N–H and O–H groups in total. The van der Waals surface area contributed by atoms with E-state index < -0.39 is 12.7 Å². The van der Waals surface area contributed by atoms with Crippen LogP contribution in [0.1, 0.15) is 29.8 Å². The Morgan fingerprint density at radius 1 is 1.50 bits per heavy atom. The molecule has 0 fully saturated rings. The third kappa shape index (κ3) is 1.19. The van der Waals surface area contributed by atoms with Gasteiger partial charge in [0.25, 0.3) is 0 Å². The fraction of sp³-hybridized carbons (Fsp3) is 0.300. The first-order valence-corrected chi connectivity index (χ1v) is 4.51. The molecule has 1 aromatic rings. The average molecular weight is 190 g/mol. The lowest BCUT2D eigenvalue weighted by Gasteiger charge is -2.19. The first-order valence-electron chi connectivity index (χ1n) is 4.51. The highest BCUT2D eigenvalue weighted by Crippen LogP contribution is 2.30. The number of carbonyl (C=O) groups excluding carboxylic acids is 1. The molecule has 72 valence electrons. The van der Waals surface area contributed by atoms with Crippen LogP contribution in [0, 0.1) is 0 Å². The number of benzene rings is 1. The number of fused-ring (bicyclic) bond motifs is 1. The summed E-state index contributed by atoms with van der Waals surface area (Å²) in [4.78, 5) is 10.8. The monoisotopic (exact) mass is 190 g/mol. The summed E-state index contributed by atoms with van der Waals surface area (Å²) in [5, 5.41) is 9.65. The highest BCUT2D eigenvalue weighted by molar-refractivity contribution is 6.63. The van der Waals surface area contributed by atoms with Gasteiger partial charge in [-0.3, -0.25) is 4.79 Å². The van der Waals surface area contributed by atoms with Crippen molar-refractivity contribution in [2.45, 2.75) is 19.4 Å². The highest BCUT2D eigenvalue weighted by Gasteiger charge is 2.41. The smallest absolute Gasteiger partial charge is 0.423 e. The van der Waals surface area contributed by atoms with Crippen LogP contribution in [-0.2, 0) is 10.3 Å². The molecule has 3 nitrogen and oxygen atoms in total. The van der Waals surface area contributed by atoms with E-state index in [0.29, 0.717) is 11.0 Å². The van der Waals surface area contributed by atoms with E-state index in [4.69, 9.17) is 4.65 Å². The number of hydrogen-bond acceptors (Lipinski definition) is 3. The van der Waals surface area contributed by atoms with Crippen molar-refractivity contribution in [3.63, 3.8) is 0 Å². The van der Waals surface area contributed by atoms with Gasteiger partial charge in [0, 0.05) is 5.56 Å². The molecule has 0 saturated heterocycles. The van der Waals surface area contributed by atoms with Crippen LogP contribution in [0.25, 0.3) is 0 Å². The summed E-state index contributed by atoms with van der Waals surface area (Å²) < 4.78 is 5.36. The molecular weight excluding hydrogens is 179 g/mol. The van der Waals surface area contributed by atoms with Gasteiger partial charge in [-0.25, -0.2) is 0 Å². The van der Waals surface area contributed by atoms with Gasteiger partial charge in [-0.2, -0.15) is 0 Å². The van der Waals surface area contributed by atoms with Crippen LogP contribution in [-0.4, -0.2) is 18.4 Å². The minimum absolute atomic E-state index is 0.501. The van der Waals surface area contributed by atoms with E-state index in [2.05, 4.69) is 0 Å².